The first-order valence-electron chi connectivity index (χ1n) is 6.33. The van der Waals surface area contributed by atoms with Crippen LogP contribution in [0.1, 0.15) is 11.1 Å². The topological polar surface area (TPSA) is 69.6 Å². The Morgan fingerprint density at radius 2 is 1.95 bits per heavy atom. The zero-order valence-corrected chi connectivity index (χ0v) is 12.1. The molecule has 0 amide bonds. The van der Waals surface area contributed by atoms with Gasteiger partial charge in [0.15, 0.2) is 9.84 Å². The number of rotatable bonds is 3. The zero-order chi connectivity index (χ0) is 14.0. The molecule has 0 saturated carbocycles. The van der Waals surface area contributed by atoms with Crippen molar-refractivity contribution < 1.29 is 13.5 Å². The molecule has 0 atom stereocenters. The van der Waals surface area contributed by atoms with Crippen LogP contribution in [0.3, 0.4) is 0 Å². The lowest BCUT2D eigenvalue weighted by Crippen LogP contribution is -2.43. The minimum Gasteiger partial charge on any atom is -0.508 e. The van der Waals surface area contributed by atoms with Gasteiger partial charge in [0.1, 0.15) is 5.75 Å². The molecular weight excluding hydrogens is 264 g/mol. The van der Waals surface area contributed by atoms with E-state index < -0.39 is 9.84 Å². The molecule has 1 aliphatic rings. The van der Waals surface area contributed by atoms with Gasteiger partial charge in [0.2, 0.25) is 0 Å². The Morgan fingerprint density at radius 1 is 1.32 bits per heavy atom. The number of aromatic hydroxyl groups is 1. The van der Waals surface area contributed by atoms with Crippen molar-refractivity contribution in [3.8, 4) is 5.75 Å². The van der Waals surface area contributed by atoms with Gasteiger partial charge in [0.05, 0.1) is 4.90 Å². The normalized spacial score (nSPS) is 17.6. The third-order valence-electron chi connectivity index (χ3n) is 3.38. The van der Waals surface area contributed by atoms with Gasteiger partial charge in [-0.15, -0.1) is 0 Å². The average molecular weight is 284 g/mol. The Kier molecular flexibility index (Phi) is 4.13. The second kappa shape index (κ2) is 5.48. The molecule has 19 heavy (non-hydrogen) atoms. The summed E-state index contributed by atoms with van der Waals surface area (Å²) in [6.45, 7) is 5.85. The second-order valence-corrected chi connectivity index (χ2v) is 7.03. The highest BCUT2D eigenvalue weighted by Gasteiger charge is 2.19. The van der Waals surface area contributed by atoms with Gasteiger partial charge in [-0.3, -0.25) is 4.90 Å². The number of nitrogens with one attached hydrogen (secondary N) is 1. The average Bonchev–Trinajstić information content (AvgIpc) is 2.33. The molecule has 1 fully saturated rings. The molecule has 5 nitrogen and oxygen atoms in total. The summed E-state index contributed by atoms with van der Waals surface area (Å²) in [5.41, 5.74) is 1.26. The number of hydrogen-bond acceptors (Lipinski definition) is 5. The molecule has 106 valence electrons. The van der Waals surface area contributed by atoms with E-state index >= 15 is 0 Å². The van der Waals surface area contributed by atoms with Crippen LogP contribution in [0.15, 0.2) is 17.0 Å². The molecule has 1 aromatic rings. The molecule has 0 unspecified atom stereocenters. The summed E-state index contributed by atoms with van der Waals surface area (Å²) in [5, 5.41) is 13.1. The fraction of sp³-hybridized carbons (Fsp3) is 0.538. The van der Waals surface area contributed by atoms with Crippen LogP contribution in [0.2, 0.25) is 0 Å². The van der Waals surface area contributed by atoms with E-state index in [4.69, 9.17) is 0 Å². The van der Waals surface area contributed by atoms with E-state index in [0.717, 1.165) is 26.2 Å². The van der Waals surface area contributed by atoms with Gasteiger partial charge in [-0.05, 0) is 30.2 Å². The Labute approximate surface area is 114 Å². The predicted molar refractivity (Wildman–Crippen MR) is 74.1 cm³/mol. The Bertz CT molecular complexity index is 563. The Balaban J connectivity index is 2.34. The highest BCUT2D eigenvalue weighted by atomic mass is 32.2. The minimum absolute atomic E-state index is 0.150. The van der Waals surface area contributed by atoms with E-state index in [0.29, 0.717) is 22.6 Å². The molecule has 0 aliphatic carbocycles. The van der Waals surface area contributed by atoms with Crippen molar-refractivity contribution in [2.24, 2.45) is 0 Å². The van der Waals surface area contributed by atoms with Crippen molar-refractivity contribution in [2.75, 3.05) is 32.4 Å². The van der Waals surface area contributed by atoms with E-state index in [1.165, 1.54) is 6.26 Å². The van der Waals surface area contributed by atoms with E-state index in [2.05, 4.69) is 10.2 Å². The number of phenolic OH excluding ortho intramolecular Hbond substituents is 1. The van der Waals surface area contributed by atoms with Gasteiger partial charge in [-0.25, -0.2) is 8.42 Å². The quantitative estimate of drug-likeness (QED) is 0.846. The second-order valence-electron chi connectivity index (χ2n) is 5.04. The Hall–Kier alpha value is -1.11. The van der Waals surface area contributed by atoms with Crippen molar-refractivity contribution in [3.05, 3.63) is 23.3 Å². The summed E-state index contributed by atoms with van der Waals surface area (Å²) in [6, 6.07) is 3.13. The number of piperazine rings is 1. The number of aryl methyl sites for hydroxylation is 1. The van der Waals surface area contributed by atoms with Gasteiger partial charge in [0.25, 0.3) is 0 Å². The van der Waals surface area contributed by atoms with E-state index in [-0.39, 0.29) is 5.75 Å². The highest BCUT2D eigenvalue weighted by Crippen LogP contribution is 2.26. The summed E-state index contributed by atoms with van der Waals surface area (Å²) in [6.07, 6.45) is 1.21. The van der Waals surface area contributed by atoms with Crippen LogP contribution in [0.25, 0.3) is 0 Å². The summed E-state index contributed by atoms with van der Waals surface area (Å²) in [4.78, 5) is 2.51. The van der Waals surface area contributed by atoms with Crippen LogP contribution in [0, 0.1) is 6.92 Å². The molecule has 0 bridgehead atoms. The first-order chi connectivity index (χ1) is 8.88. The molecule has 1 aliphatic heterocycles. The first kappa shape index (κ1) is 14.3. The highest BCUT2D eigenvalue weighted by molar-refractivity contribution is 7.90. The fourth-order valence-electron chi connectivity index (χ4n) is 2.29. The van der Waals surface area contributed by atoms with Crippen molar-refractivity contribution in [1.82, 2.24) is 10.2 Å². The van der Waals surface area contributed by atoms with Crippen LogP contribution >= 0.6 is 0 Å². The summed E-state index contributed by atoms with van der Waals surface area (Å²) < 4.78 is 23.7. The molecule has 0 spiro atoms. The number of nitrogens with zero attached hydrogens (tertiary/aromatic N) is 1. The maximum Gasteiger partial charge on any atom is 0.175 e. The van der Waals surface area contributed by atoms with E-state index in [1.54, 1.807) is 19.1 Å². The van der Waals surface area contributed by atoms with Crippen molar-refractivity contribution in [1.29, 1.82) is 0 Å². The van der Waals surface area contributed by atoms with Crippen LogP contribution in [0.4, 0.5) is 0 Å². The third-order valence-corrected chi connectivity index (χ3v) is 4.56. The van der Waals surface area contributed by atoms with Gasteiger partial charge >= 0.3 is 0 Å². The SMILES string of the molecule is Cc1cc(S(C)(=O)=O)c(CN2CCNCC2)cc1O. The number of hydrogen-bond donors (Lipinski definition) is 2. The molecule has 1 saturated heterocycles. The monoisotopic (exact) mass is 284 g/mol. The number of benzene rings is 1. The molecule has 2 rings (SSSR count). The minimum atomic E-state index is -3.28. The molecule has 6 heteroatoms. The first-order valence-corrected chi connectivity index (χ1v) is 8.22. The number of phenols is 1. The largest absolute Gasteiger partial charge is 0.508 e. The predicted octanol–water partition coefficient (Wildman–Crippen LogP) is 0.509. The molecule has 2 N–H and O–H groups in total. The van der Waals surface area contributed by atoms with Crippen molar-refractivity contribution >= 4 is 9.84 Å². The molecule has 0 radical (unpaired) electrons. The van der Waals surface area contributed by atoms with Crippen molar-refractivity contribution in [2.45, 2.75) is 18.4 Å². The van der Waals surface area contributed by atoms with E-state index in [1.807, 2.05) is 0 Å². The maximum atomic E-state index is 11.8. The van der Waals surface area contributed by atoms with Crippen LogP contribution in [-0.2, 0) is 16.4 Å². The summed E-state index contributed by atoms with van der Waals surface area (Å²) in [5.74, 6) is 0.150. The van der Waals surface area contributed by atoms with Gasteiger partial charge < -0.3 is 10.4 Å². The smallest absolute Gasteiger partial charge is 0.175 e. The Morgan fingerprint density at radius 3 is 2.53 bits per heavy atom. The van der Waals surface area contributed by atoms with Gasteiger partial charge in [-0.1, -0.05) is 0 Å². The standard InChI is InChI=1S/C13H20N2O3S/c1-10-7-13(19(2,17)18)11(8-12(10)16)9-15-5-3-14-4-6-15/h7-8,14,16H,3-6,9H2,1-2H3. The fourth-order valence-corrected chi connectivity index (χ4v) is 3.28. The molecule has 0 aromatic heterocycles. The lowest BCUT2D eigenvalue weighted by Gasteiger charge is -2.28. The zero-order valence-electron chi connectivity index (χ0n) is 11.3. The van der Waals surface area contributed by atoms with Gasteiger partial charge in [0, 0.05) is 39.0 Å². The van der Waals surface area contributed by atoms with Crippen LogP contribution in [-0.4, -0.2) is 50.9 Å². The van der Waals surface area contributed by atoms with Gasteiger partial charge in [-0.2, -0.15) is 0 Å². The maximum absolute atomic E-state index is 11.8. The van der Waals surface area contributed by atoms with Crippen molar-refractivity contribution in [3.63, 3.8) is 0 Å². The lowest BCUT2D eigenvalue weighted by atomic mass is 10.1. The lowest BCUT2D eigenvalue weighted by molar-refractivity contribution is 0.231. The summed E-state index contributed by atoms with van der Waals surface area (Å²) >= 11 is 0. The molecule has 1 aromatic carbocycles. The number of sulfone groups is 1. The van der Waals surface area contributed by atoms with Crippen LogP contribution < -0.4 is 5.32 Å². The summed E-state index contributed by atoms with van der Waals surface area (Å²) in [7, 11) is -3.28. The van der Waals surface area contributed by atoms with E-state index in [9.17, 15) is 13.5 Å². The molecule has 1 heterocycles. The third kappa shape index (κ3) is 3.46. The van der Waals surface area contributed by atoms with Crippen LogP contribution in [0.5, 0.6) is 5.75 Å². The molecular formula is C13H20N2O3S.